The quantitative estimate of drug-likeness (QED) is 0.810. The van der Waals surface area contributed by atoms with Gasteiger partial charge in [-0.2, -0.15) is 0 Å². The molecule has 2 atom stereocenters. The third-order valence-corrected chi connectivity index (χ3v) is 3.75. The molecule has 0 bridgehead atoms. The van der Waals surface area contributed by atoms with Crippen LogP contribution in [0.3, 0.4) is 0 Å². The number of anilines is 1. The van der Waals surface area contributed by atoms with Crippen molar-refractivity contribution in [3.05, 3.63) is 29.8 Å². The number of nitrogens with one attached hydrogen (secondary N) is 1. The van der Waals surface area contributed by atoms with Crippen LogP contribution in [0.4, 0.5) is 10.5 Å². The number of carbonyl (C=O) groups excluding carboxylic acids is 1. The van der Waals surface area contributed by atoms with E-state index >= 15 is 0 Å². The maximum Gasteiger partial charge on any atom is 0.414 e. The summed E-state index contributed by atoms with van der Waals surface area (Å²) >= 11 is 0. The van der Waals surface area contributed by atoms with Gasteiger partial charge in [0.15, 0.2) is 0 Å². The van der Waals surface area contributed by atoms with Crippen LogP contribution in [0.2, 0.25) is 0 Å². The molecule has 1 aliphatic rings. The van der Waals surface area contributed by atoms with Crippen molar-refractivity contribution in [2.24, 2.45) is 0 Å². The minimum absolute atomic E-state index is 0.163. The Kier molecular flexibility index (Phi) is 5.59. The Morgan fingerprint density at radius 3 is 2.67 bits per heavy atom. The largest absolute Gasteiger partial charge is 0.447 e. The molecule has 5 heteroatoms. The number of nitrogens with zero attached hydrogens (tertiary/aromatic N) is 1. The summed E-state index contributed by atoms with van der Waals surface area (Å²) in [7, 11) is 0. The summed E-state index contributed by atoms with van der Waals surface area (Å²) < 4.78 is 4.93. The van der Waals surface area contributed by atoms with E-state index in [2.05, 4.69) is 19.2 Å². The number of rotatable bonds is 7. The Morgan fingerprint density at radius 2 is 2.10 bits per heavy atom. The number of carbonyl (C=O) groups is 1. The summed E-state index contributed by atoms with van der Waals surface area (Å²) in [5.74, 6) is 0. The van der Waals surface area contributed by atoms with Crippen molar-refractivity contribution in [1.82, 2.24) is 5.32 Å². The summed E-state index contributed by atoms with van der Waals surface area (Å²) in [5, 5.41) is 13.1. The fourth-order valence-electron chi connectivity index (χ4n) is 2.44. The molecule has 2 rings (SSSR count). The van der Waals surface area contributed by atoms with Crippen molar-refractivity contribution < 1.29 is 14.6 Å². The van der Waals surface area contributed by atoms with E-state index in [4.69, 9.17) is 4.74 Å². The Balaban J connectivity index is 1.90. The number of ether oxygens (including phenoxy) is 1. The Morgan fingerprint density at radius 1 is 1.38 bits per heavy atom. The molecule has 1 aliphatic heterocycles. The first-order valence-electron chi connectivity index (χ1n) is 7.57. The fourth-order valence-corrected chi connectivity index (χ4v) is 2.44. The van der Waals surface area contributed by atoms with Crippen molar-refractivity contribution >= 4 is 11.8 Å². The first kappa shape index (κ1) is 15.8. The van der Waals surface area contributed by atoms with E-state index in [0.717, 1.165) is 24.1 Å². The molecule has 21 heavy (non-hydrogen) atoms. The van der Waals surface area contributed by atoms with Crippen LogP contribution in [0.1, 0.15) is 38.3 Å². The third-order valence-electron chi connectivity index (χ3n) is 3.75. The Bertz CT molecular complexity index is 461. The van der Waals surface area contributed by atoms with E-state index in [1.807, 2.05) is 24.3 Å². The van der Waals surface area contributed by atoms with Gasteiger partial charge in [-0.05, 0) is 31.0 Å². The van der Waals surface area contributed by atoms with Crippen LogP contribution in [0.25, 0.3) is 0 Å². The number of amides is 1. The lowest BCUT2D eigenvalue weighted by atomic mass is 10.1. The zero-order valence-corrected chi connectivity index (χ0v) is 12.7. The summed E-state index contributed by atoms with van der Waals surface area (Å²) in [6.45, 7) is 5.78. The standard InChI is InChI=1S/C16H24N2O3/c1-3-4-15(19)11-17-12(2)13-5-7-14(8-6-13)18-9-10-21-16(18)20/h5-8,12,15,17,19H,3-4,9-11H2,1-2H3. The number of cyclic esters (lactones) is 1. The van der Waals surface area contributed by atoms with E-state index in [9.17, 15) is 9.90 Å². The molecule has 0 aliphatic carbocycles. The zero-order chi connectivity index (χ0) is 15.2. The minimum atomic E-state index is -0.295. The van der Waals surface area contributed by atoms with Gasteiger partial charge in [0.25, 0.3) is 0 Å². The summed E-state index contributed by atoms with van der Waals surface area (Å²) in [6.07, 6.45) is 1.22. The lowest BCUT2D eigenvalue weighted by Crippen LogP contribution is -2.29. The molecular weight excluding hydrogens is 268 g/mol. The minimum Gasteiger partial charge on any atom is -0.447 e. The van der Waals surface area contributed by atoms with Crippen molar-refractivity contribution in [1.29, 1.82) is 0 Å². The molecule has 0 spiro atoms. The van der Waals surface area contributed by atoms with E-state index < -0.39 is 0 Å². The monoisotopic (exact) mass is 292 g/mol. The number of hydrogen-bond donors (Lipinski definition) is 2. The van der Waals surface area contributed by atoms with Crippen LogP contribution in [0.5, 0.6) is 0 Å². The summed E-state index contributed by atoms with van der Waals surface area (Å²) in [4.78, 5) is 13.1. The predicted molar refractivity (Wildman–Crippen MR) is 82.5 cm³/mol. The van der Waals surface area contributed by atoms with Crippen LogP contribution in [0.15, 0.2) is 24.3 Å². The van der Waals surface area contributed by atoms with Crippen molar-refractivity contribution in [3.8, 4) is 0 Å². The van der Waals surface area contributed by atoms with Crippen molar-refractivity contribution in [2.75, 3.05) is 24.6 Å². The fraction of sp³-hybridized carbons (Fsp3) is 0.562. The van der Waals surface area contributed by atoms with E-state index in [1.54, 1.807) is 4.90 Å². The van der Waals surface area contributed by atoms with Crippen LogP contribution in [-0.2, 0) is 4.74 Å². The number of aliphatic hydroxyl groups is 1. The van der Waals surface area contributed by atoms with E-state index in [1.165, 1.54) is 0 Å². The first-order valence-corrected chi connectivity index (χ1v) is 7.57. The predicted octanol–water partition coefficient (Wildman–Crippen LogP) is 2.45. The molecular formula is C16H24N2O3. The van der Waals surface area contributed by atoms with Gasteiger partial charge in [-0.15, -0.1) is 0 Å². The molecule has 2 unspecified atom stereocenters. The van der Waals surface area contributed by atoms with Gasteiger partial charge in [-0.1, -0.05) is 25.5 Å². The molecule has 1 amide bonds. The molecule has 116 valence electrons. The van der Waals surface area contributed by atoms with Crippen molar-refractivity contribution in [3.63, 3.8) is 0 Å². The van der Waals surface area contributed by atoms with Gasteiger partial charge in [0.2, 0.25) is 0 Å². The molecule has 0 saturated carbocycles. The zero-order valence-electron chi connectivity index (χ0n) is 12.7. The maximum absolute atomic E-state index is 11.5. The van der Waals surface area contributed by atoms with Crippen LogP contribution in [-0.4, -0.2) is 37.0 Å². The number of hydrogen-bond acceptors (Lipinski definition) is 4. The smallest absolute Gasteiger partial charge is 0.414 e. The van der Waals surface area contributed by atoms with Crippen molar-refractivity contribution in [2.45, 2.75) is 38.8 Å². The number of aliphatic hydroxyl groups excluding tert-OH is 1. The Hall–Kier alpha value is -1.59. The summed E-state index contributed by atoms with van der Waals surface area (Å²) in [5.41, 5.74) is 1.99. The van der Waals surface area contributed by atoms with Gasteiger partial charge in [0, 0.05) is 18.3 Å². The second-order valence-electron chi connectivity index (χ2n) is 5.43. The highest BCUT2D eigenvalue weighted by molar-refractivity contribution is 5.89. The molecule has 1 aromatic rings. The first-order chi connectivity index (χ1) is 10.1. The molecule has 2 N–H and O–H groups in total. The van der Waals surface area contributed by atoms with Crippen LogP contribution < -0.4 is 10.2 Å². The van der Waals surface area contributed by atoms with Gasteiger partial charge >= 0.3 is 6.09 Å². The lowest BCUT2D eigenvalue weighted by molar-refractivity contribution is 0.157. The lowest BCUT2D eigenvalue weighted by Gasteiger charge is -2.18. The average Bonchev–Trinajstić information content (AvgIpc) is 2.91. The molecule has 0 radical (unpaired) electrons. The second-order valence-corrected chi connectivity index (χ2v) is 5.43. The van der Waals surface area contributed by atoms with Crippen LogP contribution in [0, 0.1) is 0 Å². The van der Waals surface area contributed by atoms with Crippen LogP contribution >= 0.6 is 0 Å². The molecule has 1 aromatic carbocycles. The highest BCUT2D eigenvalue weighted by Gasteiger charge is 2.23. The van der Waals surface area contributed by atoms with E-state index in [-0.39, 0.29) is 18.2 Å². The Labute approximate surface area is 125 Å². The van der Waals surface area contributed by atoms with Gasteiger partial charge in [0.1, 0.15) is 6.61 Å². The molecule has 1 saturated heterocycles. The van der Waals surface area contributed by atoms with Gasteiger partial charge in [0.05, 0.1) is 12.6 Å². The highest BCUT2D eigenvalue weighted by atomic mass is 16.6. The number of benzene rings is 1. The normalized spacial score (nSPS) is 17.7. The second kappa shape index (κ2) is 7.43. The SMILES string of the molecule is CCCC(O)CNC(C)c1ccc(N2CCOC2=O)cc1. The topological polar surface area (TPSA) is 61.8 Å². The molecule has 0 aromatic heterocycles. The molecule has 1 fully saturated rings. The summed E-state index contributed by atoms with van der Waals surface area (Å²) in [6, 6.07) is 8.04. The third kappa shape index (κ3) is 4.19. The maximum atomic E-state index is 11.5. The molecule has 5 nitrogen and oxygen atoms in total. The van der Waals surface area contributed by atoms with Gasteiger partial charge in [-0.25, -0.2) is 4.79 Å². The average molecular weight is 292 g/mol. The van der Waals surface area contributed by atoms with E-state index in [0.29, 0.717) is 19.7 Å². The highest BCUT2D eigenvalue weighted by Crippen LogP contribution is 2.21. The van der Waals surface area contributed by atoms with Gasteiger partial charge < -0.3 is 15.2 Å². The molecule has 1 heterocycles. The van der Waals surface area contributed by atoms with Gasteiger partial charge in [-0.3, -0.25) is 4.90 Å².